The maximum absolute atomic E-state index is 13.5. The summed E-state index contributed by atoms with van der Waals surface area (Å²) in [6.07, 6.45) is 2.40. The predicted octanol–water partition coefficient (Wildman–Crippen LogP) is 4.27. The van der Waals surface area contributed by atoms with Crippen LogP contribution in [0.2, 0.25) is 10.0 Å². The number of carbonyl (C=O) groups excluding carboxylic acids is 2. The van der Waals surface area contributed by atoms with E-state index in [1.165, 1.54) is 4.90 Å². The van der Waals surface area contributed by atoms with Gasteiger partial charge in [-0.1, -0.05) is 61.3 Å². The SMILES string of the molecule is CCCNC(=O)[C@@H](C)N(Cc1ccc(Cl)c(Cl)c1)C(=O)CN(c1ccccc1CC)S(C)(=O)=O. The summed E-state index contributed by atoms with van der Waals surface area (Å²) in [7, 11) is -3.78. The van der Waals surface area contributed by atoms with Crippen LogP contribution >= 0.6 is 23.2 Å². The van der Waals surface area contributed by atoms with Gasteiger partial charge in [0.25, 0.3) is 0 Å². The number of amides is 2. The van der Waals surface area contributed by atoms with Crippen molar-refractivity contribution in [3.05, 3.63) is 63.6 Å². The number of rotatable bonds is 11. The fourth-order valence-electron chi connectivity index (χ4n) is 3.46. The van der Waals surface area contributed by atoms with Crippen LogP contribution in [0, 0.1) is 0 Å². The highest BCUT2D eigenvalue weighted by Gasteiger charge is 2.30. The van der Waals surface area contributed by atoms with Crippen molar-refractivity contribution in [1.29, 1.82) is 0 Å². The van der Waals surface area contributed by atoms with Crippen LogP contribution in [0.5, 0.6) is 0 Å². The topological polar surface area (TPSA) is 86.8 Å². The molecule has 7 nitrogen and oxygen atoms in total. The number of carbonyl (C=O) groups is 2. The lowest BCUT2D eigenvalue weighted by atomic mass is 10.1. The Morgan fingerprint density at radius 3 is 2.32 bits per heavy atom. The molecule has 2 rings (SSSR count). The van der Waals surface area contributed by atoms with Gasteiger partial charge in [-0.2, -0.15) is 0 Å². The van der Waals surface area contributed by atoms with Crippen molar-refractivity contribution in [3.63, 3.8) is 0 Å². The third-order valence-electron chi connectivity index (χ3n) is 5.37. The molecule has 0 heterocycles. The number of nitrogens with zero attached hydrogens (tertiary/aromatic N) is 2. The van der Waals surface area contributed by atoms with E-state index in [9.17, 15) is 18.0 Å². The Bertz CT molecular complexity index is 1120. The number of aryl methyl sites for hydroxylation is 1. The van der Waals surface area contributed by atoms with Gasteiger partial charge in [-0.15, -0.1) is 0 Å². The summed E-state index contributed by atoms with van der Waals surface area (Å²) in [6.45, 7) is 5.55. The zero-order chi connectivity index (χ0) is 25.5. The van der Waals surface area contributed by atoms with Crippen molar-refractivity contribution in [2.45, 2.75) is 46.2 Å². The molecule has 0 spiro atoms. The van der Waals surface area contributed by atoms with Crippen LogP contribution in [0.1, 0.15) is 38.3 Å². The Morgan fingerprint density at radius 2 is 1.74 bits per heavy atom. The van der Waals surface area contributed by atoms with Crippen molar-refractivity contribution in [1.82, 2.24) is 10.2 Å². The lowest BCUT2D eigenvalue weighted by Gasteiger charge is -2.32. The second-order valence-electron chi connectivity index (χ2n) is 7.99. The molecule has 0 unspecified atom stereocenters. The third-order valence-corrected chi connectivity index (χ3v) is 7.24. The molecule has 0 bridgehead atoms. The highest BCUT2D eigenvalue weighted by molar-refractivity contribution is 7.92. The summed E-state index contributed by atoms with van der Waals surface area (Å²) >= 11 is 12.2. The number of benzene rings is 2. The highest BCUT2D eigenvalue weighted by atomic mass is 35.5. The number of nitrogens with one attached hydrogen (secondary N) is 1. The van der Waals surface area contributed by atoms with Crippen molar-refractivity contribution >= 4 is 50.7 Å². The monoisotopic (exact) mass is 527 g/mol. The van der Waals surface area contributed by atoms with Gasteiger partial charge in [0, 0.05) is 13.1 Å². The number of halogens is 2. The van der Waals surface area contributed by atoms with E-state index in [4.69, 9.17) is 23.2 Å². The van der Waals surface area contributed by atoms with Gasteiger partial charge in [-0.05, 0) is 49.1 Å². The molecule has 1 atom stereocenters. The minimum Gasteiger partial charge on any atom is -0.354 e. The van der Waals surface area contributed by atoms with Crippen LogP contribution in [0.15, 0.2) is 42.5 Å². The molecule has 0 aliphatic heterocycles. The lowest BCUT2D eigenvalue weighted by molar-refractivity contribution is -0.139. The van der Waals surface area contributed by atoms with Gasteiger partial charge in [0.2, 0.25) is 21.8 Å². The number of para-hydroxylation sites is 1. The third kappa shape index (κ3) is 7.35. The fraction of sp³-hybridized carbons (Fsp3) is 0.417. The molecule has 0 aliphatic carbocycles. The summed E-state index contributed by atoms with van der Waals surface area (Å²) in [5.74, 6) is -0.836. The molecule has 10 heteroatoms. The zero-order valence-corrected chi connectivity index (χ0v) is 22.2. The minimum atomic E-state index is -3.78. The van der Waals surface area contributed by atoms with Crippen molar-refractivity contribution in [3.8, 4) is 0 Å². The summed E-state index contributed by atoms with van der Waals surface area (Å²) < 4.78 is 26.5. The number of anilines is 1. The quantitative estimate of drug-likeness (QED) is 0.472. The van der Waals surface area contributed by atoms with Gasteiger partial charge >= 0.3 is 0 Å². The smallest absolute Gasteiger partial charge is 0.244 e. The highest BCUT2D eigenvalue weighted by Crippen LogP contribution is 2.26. The molecule has 186 valence electrons. The second kappa shape index (κ2) is 12.4. The van der Waals surface area contributed by atoms with E-state index < -0.39 is 28.5 Å². The average molecular weight is 529 g/mol. The van der Waals surface area contributed by atoms with Gasteiger partial charge in [-0.25, -0.2) is 8.42 Å². The largest absolute Gasteiger partial charge is 0.354 e. The summed E-state index contributed by atoms with van der Waals surface area (Å²) in [4.78, 5) is 27.6. The van der Waals surface area contributed by atoms with Crippen LogP contribution in [-0.4, -0.2) is 50.5 Å². The van der Waals surface area contributed by atoms with E-state index >= 15 is 0 Å². The molecule has 0 fully saturated rings. The molecular weight excluding hydrogens is 497 g/mol. The van der Waals surface area contributed by atoms with Gasteiger partial charge in [-0.3, -0.25) is 13.9 Å². The van der Waals surface area contributed by atoms with Gasteiger partial charge in [0.15, 0.2) is 0 Å². The van der Waals surface area contributed by atoms with E-state index in [1.54, 1.807) is 37.3 Å². The maximum atomic E-state index is 13.5. The molecule has 0 aromatic heterocycles. The predicted molar refractivity (Wildman–Crippen MR) is 138 cm³/mol. The number of hydrogen-bond acceptors (Lipinski definition) is 4. The van der Waals surface area contributed by atoms with E-state index in [2.05, 4.69) is 5.32 Å². The van der Waals surface area contributed by atoms with E-state index in [0.29, 0.717) is 34.3 Å². The normalized spacial score (nSPS) is 12.2. The first-order chi connectivity index (χ1) is 16.0. The second-order valence-corrected chi connectivity index (χ2v) is 10.7. The molecule has 0 saturated carbocycles. The first-order valence-corrected chi connectivity index (χ1v) is 13.7. The lowest BCUT2D eigenvalue weighted by Crippen LogP contribution is -2.51. The molecule has 1 N–H and O–H groups in total. The van der Waals surface area contributed by atoms with Gasteiger partial charge in [0.05, 0.1) is 22.0 Å². The van der Waals surface area contributed by atoms with Crippen molar-refractivity contribution in [2.75, 3.05) is 23.7 Å². The first kappa shape index (κ1) is 28.0. The summed E-state index contributed by atoms with van der Waals surface area (Å²) in [5, 5.41) is 3.49. The molecule has 2 aromatic rings. The standard InChI is InChI=1S/C24H31Cl2N3O4S/c1-5-13-27-24(31)17(3)28(15-18-11-12-20(25)21(26)14-18)23(30)16-29(34(4,32)33)22-10-8-7-9-19(22)6-2/h7-12,14,17H,5-6,13,15-16H2,1-4H3,(H,27,31)/t17-/m1/s1. The Kier molecular flexibility index (Phi) is 10.2. The van der Waals surface area contributed by atoms with Gasteiger partial charge < -0.3 is 10.2 Å². The van der Waals surface area contributed by atoms with Crippen LogP contribution < -0.4 is 9.62 Å². The molecule has 34 heavy (non-hydrogen) atoms. The average Bonchev–Trinajstić information content (AvgIpc) is 2.80. The first-order valence-electron chi connectivity index (χ1n) is 11.1. The maximum Gasteiger partial charge on any atom is 0.244 e. The Labute approximate surface area is 212 Å². The molecule has 2 aromatic carbocycles. The van der Waals surface area contributed by atoms with E-state index in [0.717, 1.165) is 22.5 Å². The Hall–Kier alpha value is -2.29. The Morgan fingerprint density at radius 1 is 1.06 bits per heavy atom. The number of hydrogen-bond donors (Lipinski definition) is 1. The Balaban J connectivity index is 2.43. The molecule has 0 saturated heterocycles. The van der Waals surface area contributed by atoms with E-state index in [1.807, 2.05) is 26.0 Å². The molecule has 0 radical (unpaired) electrons. The molecule has 0 aliphatic rings. The molecular formula is C24H31Cl2N3O4S. The minimum absolute atomic E-state index is 0.0590. The van der Waals surface area contributed by atoms with Crippen LogP contribution in [-0.2, 0) is 32.6 Å². The fourth-order valence-corrected chi connectivity index (χ4v) is 4.66. The van der Waals surface area contributed by atoms with E-state index in [-0.39, 0.29) is 12.5 Å². The number of sulfonamides is 1. The zero-order valence-electron chi connectivity index (χ0n) is 19.8. The molecule has 2 amide bonds. The van der Waals surface area contributed by atoms with Crippen LogP contribution in [0.25, 0.3) is 0 Å². The van der Waals surface area contributed by atoms with Crippen LogP contribution in [0.4, 0.5) is 5.69 Å². The van der Waals surface area contributed by atoms with Gasteiger partial charge in [0.1, 0.15) is 12.6 Å². The summed E-state index contributed by atoms with van der Waals surface area (Å²) in [5.41, 5.74) is 1.90. The van der Waals surface area contributed by atoms with Crippen molar-refractivity contribution in [2.24, 2.45) is 0 Å². The summed E-state index contributed by atoms with van der Waals surface area (Å²) in [6, 6.07) is 11.2. The van der Waals surface area contributed by atoms with Crippen LogP contribution in [0.3, 0.4) is 0 Å². The van der Waals surface area contributed by atoms with Crippen molar-refractivity contribution < 1.29 is 18.0 Å².